The molecule has 6 heteroatoms. The summed E-state index contributed by atoms with van der Waals surface area (Å²) in [5.74, 6) is -0.374. The van der Waals surface area contributed by atoms with Crippen LogP contribution in [-0.2, 0) is 0 Å². The molecule has 23 heavy (non-hydrogen) atoms. The van der Waals surface area contributed by atoms with Crippen LogP contribution in [0, 0.1) is 5.82 Å². The Morgan fingerprint density at radius 2 is 1.91 bits per heavy atom. The van der Waals surface area contributed by atoms with Gasteiger partial charge in [-0.05, 0) is 67.4 Å². The van der Waals surface area contributed by atoms with E-state index in [1.54, 1.807) is 18.2 Å². The lowest BCUT2D eigenvalue weighted by Crippen LogP contribution is -2.36. The topological polar surface area (TPSA) is 45.5 Å². The normalized spacial score (nSPS) is 16.4. The van der Waals surface area contributed by atoms with Crippen LogP contribution in [0.4, 0.5) is 4.39 Å². The van der Waals surface area contributed by atoms with Crippen molar-refractivity contribution in [1.29, 1.82) is 0 Å². The molecule has 4 nitrogen and oxygen atoms in total. The van der Waals surface area contributed by atoms with Crippen molar-refractivity contribution in [3.63, 3.8) is 0 Å². The van der Waals surface area contributed by atoms with Gasteiger partial charge < -0.3 is 9.73 Å². The van der Waals surface area contributed by atoms with Gasteiger partial charge in [0.1, 0.15) is 5.82 Å². The fraction of sp³-hybridized carbons (Fsp3) is 0.353. The van der Waals surface area contributed by atoms with Gasteiger partial charge in [0.15, 0.2) is 11.0 Å². The Labute approximate surface area is 139 Å². The number of nitrogens with one attached hydrogen (secondary N) is 1. The number of carbonyl (C=O) groups excluding carboxylic acids is 1. The van der Waals surface area contributed by atoms with E-state index in [1.807, 2.05) is 0 Å². The van der Waals surface area contributed by atoms with Gasteiger partial charge >= 0.3 is 0 Å². The first-order valence-corrected chi connectivity index (χ1v) is 8.04. The van der Waals surface area contributed by atoms with Crippen molar-refractivity contribution in [3.05, 3.63) is 58.8 Å². The average molecular weight is 337 g/mol. The third-order valence-electron chi connectivity index (χ3n) is 4.09. The van der Waals surface area contributed by atoms with E-state index in [0.29, 0.717) is 6.54 Å². The summed E-state index contributed by atoms with van der Waals surface area (Å²) in [5, 5.41) is 3.06. The van der Waals surface area contributed by atoms with Gasteiger partial charge in [0, 0.05) is 6.54 Å². The van der Waals surface area contributed by atoms with Gasteiger partial charge in [-0.25, -0.2) is 4.39 Å². The predicted molar refractivity (Wildman–Crippen MR) is 86.0 cm³/mol. The van der Waals surface area contributed by atoms with Gasteiger partial charge in [0.05, 0.1) is 6.04 Å². The van der Waals surface area contributed by atoms with E-state index < -0.39 is 0 Å². The quantitative estimate of drug-likeness (QED) is 0.906. The van der Waals surface area contributed by atoms with Gasteiger partial charge in [-0.2, -0.15) is 0 Å². The first-order valence-electron chi connectivity index (χ1n) is 7.66. The van der Waals surface area contributed by atoms with E-state index in [9.17, 15) is 9.18 Å². The lowest BCUT2D eigenvalue weighted by atomic mass is 10.1. The maximum atomic E-state index is 13.2. The summed E-state index contributed by atoms with van der Waals surface area (Å²) in [6.07, 6.45) is 2.28. The molecule has 0 saturated carbocycles. The number of furan rings is 1. The lowest BCUT2D eigenvalue weighted by Gasteiger charge is -2.28. The van der Waals surface area contributed by atoms with Crippen LogP contribution in [0.5, 0.6) is 0 Å². The largest absolute Gasteiger partial charge is 0.440 e. The summed E-state index contributed by atoms with van der Waals surface area (Å²) in [7, 11) is 0. The molecule has 1 atom stereocenters. The molecular formula is C17H18ClFN2O2. The van der Waals surface area contributed by atoms with Crippen LogP contribution in [0.25, 0.3) is 0 Å². The maximum absolute atomic E-state index is 13.2. The monoisotopic (exact) mass is 336 g/mol. The highest BCUT2D eigenvalue weighted by Crippen LogP contribution is 2.25. The SMILES string of the molecule is O=C(NC[C@@H](c1ccc(F)cc1)N1CCCC1)c1ccc(Cl)o1. The summed E-state index contributed by atoms with van der Waals surface area (Å²) in [5.41, 5.74) is 0.992. The highest BCUT2D eigenvalue weighted by Gasteiger charge is 2.24. The highest BCUT2D eigenvalue weighted by atomic mass is 35.5. The second kappa shape index (κ2) is 7.15. The molecule has 1 aromatic carbocycles. The van der Waals surface area contributed by atoms with E-state index >= 15 is 0 Å². The molecule has 1 N–H and O–H groups in total. The predicted octanol–water partition coefficient (Wildman–Crippen LogP) is 3.64. The van der Waals surface area contributed by atoms with E-state index in [-0.39, 0.29) is 28.7 Å². The second-order valence-electron chi connectivity index (χ2n) is 5.62. The van der Waals surface area contributed by atoms with Gasteiger partial charge in [-0.15, -0.1) is 0 Å². The van der Waals surface area contributed by atoms with E-state index in [0.717, 1.165) is 31.5 Å². The van der Waals surface area contributed by atoms with Gasteiger partial charge in [0.25, 0.3) is 5.91 Å². The Balaban J connectivity index is 1.71. The molecule has 1 aromatic heterocycles. The third-order valence-corrected chi connectivity index (χ3v) is 4.29. The van der Waals surface area contributed by atoms with Crippen molar-refractivity contribution in [2.75, 3.05) is 19.6 Å². The molecule has 2 heterocycles. The Morgan fingerprint density at radius 1 is 1.22 bits per heavy atom. The Morgan fingerprint density at radius 3 is 2.52 bits per heavy atom. The van der Waals surface area contributed by atoms with E-state index in [4.69, 9.17) is 16.0 Å². The number of hydrogen-bond donors (Lipinski definition) is 1. The Bertz CT molecular complexity index is 665. The molecule has 1 amide bonds. The summed E-state index contributed by atoms with van der Waals surface area (Å²) in [4.78, 5) is 14.4. The van der Waals surface area contributed by atoms with Gasteiger partial charge in [0.2, 0.25) is 0 Å². The highest BCUT2D eigenvalue weighted by molar-refractivity contribution is 6.29. The minimum Gasteiger partial charge on any atom is -0.440 e. The Kier molecular flexibility index (Phi) is 4.98. The van der Waals surface area contributed by atoms with Crippen molar-refractivity contribution in [1.82, 2.24) is 10.2 Å². The molecule has 122 valence electrons. The van der Waals surface area contributed by atoms with Crippen molar-refractivity contribution in [3.8, 4) is 0 Å². The number of rotatable bonds is 5. The van der Waals surface area contributed by atoms with E-state index in [2.05, 4.69) is 10.2 Å². The molecule has 1 aliphatic heterocycles. The second-order valence-corrected chi connectivity index (χ2v) is 6.00. The molecular weight excluding hydrogens is 319 g/mol. The standard InChI is InChI=1S/C17H18ClFN2O2/c18-16-8-7-15(23-16)17(22)20-11-14(21-9-1-2-10-21)12-3-5-13(19)6-4-12/h3-8,14H,1-2,9-11H2,(H,20,22)/t14-/m0/s1. The molecule has 1 aliphatic rings. The average Bonchev–Trinajstić information content (AvgIpc) is 3.21. The van der Waals surface area contributed by atoms with Crippen molar-refractivity contribution >= 4 is 17.5 Å². The van der Waals surface area contributed by atoms with Crippen molar-refractivity contribution < 1.29 is 13.6 Å². The fourth-order valence-corrected chi connectivity index (χ4v) is 3.05. The first-order chi connectivity index (χ1) is 11.1. The summed E-state index contributed by atoms with van der Waals surface area (Å²) >= 11 is 5.69. The smallest absolute Gasteiger partial charge is 0.287 e. The van der Waals surface area contributed by atoms with Gasteiger partial charge in [-0.1, -0.05) is 12.1 Å². The number of amides is 1. The maximum Gasteiger partial charge on any atom is 0.287 e. The van der Waals surface area contributed by atoms with E-state index in [1.165, 1.54) is 18.2 Å². The number of hydrogen-bond acceptors (Lipinski definition) is 3. The van der Waals surface area contributed by atoms with Gasteiger partial charge in [-0.3, -0.25) is 9.69 Å². The molecule has 0 aliphatic carbocycles. The number of likely N-dealkylation sites (tertiary alicyclic amines) is 1. The van der Waals surface area contributed by atoms with Crippen LogP contribution in [0.1, 0.15) is 35.0 Å². The summed E-state index contributed by atoms with van der Waals surface area (Å²) < 4.78 is 18.3. The number of nitrogens with zero attached hydrogens (tertiary/aromatic N) is 1. The molecule has 0 spiro atoms. The molecule has 0 unspecified atom stereocenters. The van der Waals surface area contributed by atoms with Crippen molar-refractivity contribution in [2.24, 2.45) is 0 Å². The minimum absolute atomic E-state index is 0.0208. The zero-order valence-electron chi connectivity index (χ0n) is 12.6. The molecule has 3 rings (SSSR count). The van der Waals surface area contributed by atoms with Crippen LogP contribution >= 0.6 is 11.6 Å². The van der Waals surface area contributed by atoms with Crippen LogP contribution in [-0.4, -0.2) is 30.4 Å². The van der Waals surface area contributed by atoms with Crippen LogP contribution < -0.4 is 5.32 Å². The molecule has 1 fully saturated rings. The van der Waals surface area contributed by atoms with Crippen molar-refractivity contribution in [2.45, 2.75) is 18.9 Å². The van der Waals surface area contributed by atoms with Crippen LogP contribution in [0.15, 0.2) is 40.8 Å². The molecule has 0 radical (unpaired) electrons. The molecule has 1 saturated heterocycles. The summed E-state index contributed by atoms with van der Waals surface area (Å²) in [6.45, 7) is 2.39. The third kappa shape index (κ3) is 3.92. The fourth-order valence-electron chi connectivity index (χ4n) is 2.91. The molecule has 0 bridgehead atoms. The van der Waals surface area contributed by atoms with Crippen LogP contribution in [0.2, 0.25) is 5.22 Å². The first kappa shape index (κ1) is 16.0. The number of halogens is 2. The lowest BCUT2D eigenvalue weighted by molar-refractivity contribution is 0.0910. The zero-order valence-corrected chi connectivity index (χ0v) is 13.4. The Hall–Kier alpha value is -1.85. The minimum atomic E-state index is -0.303. The van der Waals surface area contributed by atoms with Crippen LogP contribution in [0.3, 0.4) is 0 Å². The number of carbonyl (C=O) groups is 1. The number of benzene rings is 1. The summed E-state index contributed by atoms with van der Waals surface area (Å²) in [6, 6.07) is 9.54. The molecule has 2 aromatic rings. The zero-order chi connectivity index (χ0) is 16.2.